The minimum absolute atomic E-state index is 0.0239. The van der Waals surface area contributed by atoms with Gasteiger partial charge in [0.15, 0.2) is 0 Å². The number of halogens is 1. The van der Waals surface area contributed by atoms with E-state index in [2.05, 4.69) is 41.4 Å². The largest absolute Gasteiger partial charge is 0.444 e. The Kier molecular flexibility index (Phi) is 6.65. The van der Waals surface area contributed by atoms with Crippen LogP contribution in [0.2, 0.25) is 0 Å². The first-order chi connectivity index (χ1) is 15.2. The molecule has 2 fully saturated rings. The van der Waals surface area contributed by atoms with Crippen molar-refractivity contribution in [2.24, 2.45) is 5.92 Å². The molecule has 0 aromatic carbocycles. The van der Waals surface area contributed by atoms with E-state index in [0.717, 1.165) is 72.0 Å². The van der Waals surface area contributed by atoms with Gasteiger partial charge in [0, 0.05) is 37.4 Å². The standard InChI is InChI=1S/C23H32BrN5O3/c1-23(2,3)32-22(31)27-15-9-6-10-29(13-15)19-16(24)11-25-20-18(19)17(12-26-20)28-21(30)14-7-4-5-8-14/h11-12,14-15H,4-10,13H2,1-3H3,(H,25,26)(H,27,31)(H,28,30). The molecule has 3 heterocycles. The van der Waals surface area contributed by atoms with Gasteiger partial charge in [-0.3, -0.25) is 4.79 Å². The monoisotopic (exact) mass is 505 g/mol. The van der Waals surface area contributed by atoms with Crippen LogP contribution in [0.25, 0.3) is 11.0 Å². The molecule has 2 amide bonds. The number of anilines is 2. The zero-order valence-electron chi connectivity index (χ0n) is 19.0. The maximum Gasteiger partial charge on any atom is 0.407 e. The third-order valence-corrected chi connectivity index (χ3v) is 6.65. The van der Waals surface area contributed by atoms with E-state index in [1.165, 1.54) is 0 Å². The van der Waals surface area contributed by atoms with Crippen LogP contribution in [-0.2, 0) is 9.53 Å². The Morgan fingerprint density at radius 3 is 2.69 bits per heavy atom. The SMILES string of the molecule is CC(C)(C)OC(=O)NC1CCCN(c2c(Br)cnc3[nH]cc(NC(=O)C4CCCC4)c23)C1. The van der Waals surface area contributed by atoms with Crippen LogP contribution in [0.15, 0.2) is 16.9 Å². The number of amides is 2. The minimum atomic E-state index is -0.531. The quantitative estimate of drug-likeness (QED) is 0.545. The third kappa shape index (κ3) is 5.19. The lowest BCUT2D eigenvalue weighted by Gasteiger charge is -2.36. The van der Waals surface area contributed by atoms with Crippen molar-refractivity contribution in [2.45, 2.75) is 70.9 Å². The summed E-state index contributed by atoms with van der Waals surface area (Å²) in [6.45, 7) is 7.08. The number of alkyl carbamates (subject to hydrolysis) is 1. The lowest BCUT2D eigenvalue weighted by molar-refractivity contribution is -0.119. The summed E-state index contributed by atoms with van der Waals surface area (Å²) in [5.74, 6) is 0.165. The first-order valence-corrected chi connectivity index (χ1v) is 12.2. The van der Waals surface area contributed by atoms with Crippen LogP contribution < -0.4 is 15.5 Å². The summed E-state index contributed by atoms with van der Waals surface area (Å²) < 4.78 is 6.29. The normalized spacial score (nSPS) is 19.9. The molecule has 1 saturated carbocycles. The second-order valence-corrected chi connectivity index (χ2v) is 10.6. The van der Waals surface area contributed by atoms with Crippen molar-refractivity contribution >= 4 is 50.3 Å². The van der Waals surface area contributed by atoms with Gasteiger partial charge >= 0.3 is 6.09 Å². The van der Waals surface area contributed by atoms with E-state index in [4.69, 9.17) is 4.74 Å². The number of aromatic amines is 1. The molecule has 1 aliphatic carbocycles. The first-order valence-electron chi connectivity index (χ1n) is 11.4. The second-order valence-electron chi connectivity index (χ2n) is 9.78. The maximum absolute atomic E-state index is 12.8. The molecule has 0 spiro atoms. The molecular formula is C23H32BrN5O3. The van der Waals surface area contributed by atoms with Gasteiger partial charge in [-0.1, -0.05) is 12.8 Å². The fraction of sp³-hybridized carbons (Fsp3) is 0.609. The molecule has 1 unspecified atom stereocenters. The summed E-state index contributed by atoms with van der Waals surface area (Å²) >= 11 is 3.67. The molecule has 0 bridgehead atoms. The Morgan fingerprint density at radius 2 is 1.97 bits per heavy atom. The van der Waals surface area contributed by atoms with E-state index in [9.17, 15) is 9.59 Å². The van der Waals surface area contributed by atoms with Crippen LogP contribution in [0.5, 0.6) is 0 Å². The number of ether oxygens (including phenoxy) is 1. The lowest BCUT2D eigenvalue weighted by Crippen LogP contribution is -2.49. The van der Waals surface area contributed by atoms with Crippen LogP contribution in [0.1, 0.15) is 59.3 Å². The molecule has 1 aliphatic heterocycles. The predicted octanol–water partition coefficient (Wildman–Crippen LogP) is 4.95. The molecule has 174 valence electrons. The Labute approximate surface area is 197 Å². The predicted molar refractivity (Wildman–Crippen MR) is 129 cm³/mol. The molecule has 4 rings (SSSR count). The Morgan fingerprint density at radius 1 is 1.22 bits per heavy atom. The molecule has 32 heavy (non-hydrogen) atoms. The molecule has 2 aromatic heterocycles. The van der Waals surface area contributed by atoms with Crippen molar-refractivity contribution in [3.63, 3.8) is 0 Å². The highest BCUT2D eigenvalue weighted by molar-refractivity contribution is 9.10. The smallest absolute Gasteiger partial charge is 0.407 e. The molecule has 2 aliphatic rings. The zero-order chi connectivity index (χ0) is 22.9. The van der Waals surface area contributed by atoms with Gasteiger partial charge in [0.1, 0.15) is 11.2 Å². The summed E-state index contributed by atoms with van der Waals surface area (Å²) in [5.41, 5.74) is 1.93. The average molecular weight is 506 g/mol. The summed E-state index contributed by atoms with van der Waals surface area (Å²) in [7, 11) is 0. The number of fused-ring (bicyclic) bond motifs is 1. The van der Waals surface area contributed by atoms with Gasteiger partial charge < -0.3 is 25.3 Å². The number of rotatable bonds is 4. The number of nitrogens with one attached hydrogen (secondary N) is 3. The maximum atomic E-state index is 12.8. The number of piperidine rings is 1. The Hall–Kier alpha value is -2.29. The van der Waals surface area contributed by atoms with E-state index in [1.807, 2.05) is 27.0 Å². The van der Waals surface area contributed by atoms with Gasteiger partial charge in [0.25, 0.3) is 0 Å². The third-order valence-electron chi connectivity index (χ3n) is 6.07. The molecule has 9 heteroatoms. The number of aromatic nitrogens is 2. The minimum Gasteiger partial charge on any atom is -0.444 e. The first kappa shape index (κ1) is 22.9. The lowest BCUT2D eigenvalue weighted by atomic mass is 10.0. The number of pyridine rings is 1. The van der Waals surface area contributed by atoms with Gasteiger partial charge in [-0.25, -0.2) is 9.78 Å². The van der Waals surface area contributed by atoms with E-state index in [0.29, 0.717) is 6.54 Å². The Balaban J connectivity index is 1.56. The highest BCUT2D eigenvalue weighted by Gasteiger charge is 2.29. The van der Waals surface area contributed by atoms with Gasteiger partial charge in [-0.2, -0.15) is 0 Å². The molecular weight excluding hydrogens is 474 g/mol. The molecule has 2 aromatic rings. The highest BCUT2D eigenvalue weighted by Crippen LogP contribution is 2.39. The number of carbonyl (C=O) groups is 2. The van der Waals surface area contributed by atoms with Crippen LogP contribution in [0, 0.1) is 5.92 Å². The number of H-pyrrole nitrogens is 1. The number of hydrogen-bond acceptors (Lipinski definition) is 5. The molecule has 8 nitrogen and oxygen atoms in total. The molecule has 1 saturated heterocycles. The van der Waals surface area contributed by atoms with E-state index >= 15 is 0 Å². The summed E-state index contributed by atoms with van der Waals surface area (Å²) in [6, 6.07) is -0.0239. The number of nitrogens with zero attached hydrogens (tertiary/aromatic N) is 2. The second kappa shape index (κ2) is 9.29. The summed E-state index contributed by atoms with van der Waals surface area (Å²) in [5, 5.41) is 7.04. The van der Waals surface area contributed by atoms with Crippen molar-refractivity contribution in [1.82, 2.24) is 15.3 Å². The van der Waals surface area contributed by atoms with Gasteiger partial charge in [0.05, 0.1) is 21.2 Å². The fourth-order valence-electron chi connectivity index (χ4n) is 4.66. The summed E-state index contributed by atoms with van der Waals surface area (Å²) in [4.78, 5) is 35.0. The molecule has 0 radical (unpaired) electrons. The van der Waals surface area contributed by atoms with Crippen molar-refractivity contribution in [3.8, 4) is 0 Å². The van der Waals surface area contributed by atoms with Crippen LogP contribution in [-0.4, -0.2) is 46.7 Å². The topological polar surface area (TPSA) is 99.3 Å². The van der Waals surface area contributed by atoms with E-state index in [-0.39, 0.29) is 17.9 Å². The van der Waals surface area contributed by atoms with Crippen molar-refractivity contribution < 1.29 is 14.3 Å². The number of carbonyl (C=O) groups excluding carboxylic acids is 2. The van der Waals surface area contributed by atoms with Crippen molar-refractivity contribution in [3.05, 3.63) is 16.9 Å². The highest BCUT2D eigenvalue weighted by atomic mass is 79.9. The van der Waals surface area contributed by atoms with Gasteiger partial charge in [-0.15, -0.1) is 0 Å². The number of hydrogen-bond donors (Lipinski definition) is 3. The Bertz CT molecular complexity index is 993. The average Bonchev–Trinajstić information content (AvgIpc) is 3.37. The zero-order valence-corrected chi connectivity index (χ0v) is 20.5. The molecule has 3 N–H and O–H groups in total. The van der Waals surface area contributed by atoms with Crippen LogP contribution >= 0.6 is 15.9 Å². The molecule has 1 atom stereocenters. The van der Waals surface area contributed by atoms with Crippen molar-refractivity contribution in [1.29, 1.82) is 0 Å². The summed E-state index contributed by atoms with van der Waals surface area (Å²) in [6.07, 6.45) is 9.16. The van der Waals surface area contributed by atoms with Gasteiger partial charge in [0.2, 0.25) is 5.91 Å². The van der Waals surface area contributed by atoms with E-state index < -0.39 is 11.7 Å². The fourth-order valence-corrected chi connectivity index (χ4v) is 5.21. The van der Waals surface area contributed by atoms with Gasteiger partial charge in [-0.05, 0) is 62.4 Å². The van der Waals surface area contributed by atoms with Crippen LogP contribution in [0.4, 0.5) is 16.2 Å². The van der Waals surface area contributed by atoms with Crippen LogP contribution in [0.3, 0.4) is 0 Å². The van der Waals surface area contributed by atoms with Crippen molar-refractivity contribution in [2.75, 3.05) is 23.3 Å². The van der Waals surface area contributed by atoms with E-state index in [1.54, 1.807) is 6.20 Å².